The van der Waals surface area contributed by atoms with Crippen molar-refractivity contribution in [3.63, 3.8) is 0 Å². The maximum absolute atomic E-state index is 12.0. The number of carbonyl (C=O) groups is 1. The quantitative estimate of drug-likeness (QED) is 0.754. The maximum Gasteiger partial charge on any atom is 0.180 e. The summed E-state index contributed by atoms with van der Waals surface area (Å²) in [5, 5.41) is 14.2. The van der Waals surface area contributed by atoms with Gasteiger partial charge in [-0.25, -0.2) is 4.98 Å². The van der Waals surface area contributed by atoms with Crippen LogP contribution in [0.15, 0.2) is 17.0 Å². The van der Waals surface area contributed by atoms with Crippen LogP contribution in [0.25, 0.3) is 0 Å². The number of rotatable bonds is 1. The predicted molar refractivity (Wildman–Crippen MR) is 107 cm³/mol. The van der Waals surface area contributed by atoms with E-state index in [-0.39, 0.29) is 22.7 Å². The fraction of sp³-hybridized carbons (Fsp3) is 0.727. The number of anilines is 1. The minimum absolute atomic E-state index is 0.000713. The molecule has 1 heterocycles. The molecule has 0 spiro atoms. The first-order valence-corrected chi connectivity index (χ1v) is 11.3. The van der Waals surface area contributed by atoms with Crippen LogP contribution >= 0.6 is 11.3 Å². The van der Waals surface area contributed by atoms with Gasteiger partial charge in [0.15, 0.2) is 10.9 Å². The zero-order chi connectivity index (χ0) is 19.0. The molecular weight excluding hydrogens is 356 g/mol. The summed E-state index contributed by atoms with van der Waals surface area (Å²) in [4.78, 5) is 16.6. The van der Waals surface area contributed by atoms with Crippen molar-refractivity contribution in [1.29, 1.82) is 0 Å². The van der Waals surface area contributed by atoms with Gasteiger partial charge in [0.1, 0.15) is 0 Å². The zero-order valence-corrected chi connectivity index (χ0v) is 17.1. The molecule has 0 aliphatic heterocycles. The SMILES string of the molecule is C[C@]12C[C@H](O)[C@H]3[C@@H](CCC4=CC(=O)CC[C@@]43C)[C@@H]1CC[C@@H]2c1csc(N)n1. The van der Waals surface area contributed by atoms with Crippen LogP contribution in [0.4, 0.5) is 5.13 Å². The molecule has 4 aliphatic carbocycles. The molecule has 4 nitrogen and oxygen atoms in total. The van der Waals surface area contributed by atoms with Crippen molar-refractivity contribution in [2.75, 3.05) is 5.73 Å². The van der Waals surface area contributed by atoms with Gasteiger partial charge < -0.3 is 10.8 Å². The van der Waals surface area contributed by atoms with Gasteiger partial charge in [0, 0.05) is 17.7 Å². The second kappa shape index (κ2) is 5.90. The van der Waals surface area contributed by atoms with Gasteiger partial charge in [-0.3, -0.25) is 4.79 Å². The van der Waals surface area contributed by atoms with Crippen molar-refractivity contribution in [1.82, 2.24) is 4.98 Å². The zero-order valence-electron chi connectivity index (χ0n) is 16.3. The monoisotopic (exact) mass is 386 g/mol. The summed E-state index contributed by atoms with van der Waals surface area (Å²) >= 11 is 1.53. The molecule has 27 heavy (non-hydrogen) atoms. The van der Waals surface area contributed by atoms with Crippen LogP contribution in [0.2, 0.25) is 0 Å². The summed E-state index contributed by atoms with van der Waals surface area (Å²) in [5.74, 6) is 2.16. The molecule has 0 bridgehead atoms. The number of nitrogen functional groups attached to an aromatic ring is 1. The molecule has 0 unspecified atom stereocenters. The molecule has 0 radical (unpaired) electrons. The minimum atomic E-state index is -0.297. The van der Waals surface area contributed by atoms with Crippen LogP contribution < -0.4 is 5.73 Å². The molecule has 7 atom stereocenters. The van der Waals surface area contributed by atoms with E-state index in [2.05, 4.69) is 24.2 Å². The standard InChI is InChI=1S/C22H30N2O2S/c1-21-8-7-13(25)9-12(21)3-4-14-15-5-6-16(17-11-27-20(23)24-17)22(15,2)10-18(26)19(14)21/h9,11,14-16,18-19,26H,3-8,10H2,1-2H3,(H2,23,24)/t14-,15-,16+,18-,19+,21-,22-/m0/s1. The Morgan fingerprint density at radius 2 is 2.07 bits per heavy atom. The number of ketones is 1. The fourth-order valence-electron chi connectivity index (χ4n) is 7.63. The lowest BCUT2D eigenvalue weighted by molar-refractivity contribution is -0.129. The lowest BCUT2D eigenvalue weighted by Gasteiger charge is -2.59. The molecule has 146 valence electrons. The average Bonchev–Trinajstić information content (AvgIpc) is 3.17. The number of allylic oxidation sites excluding steroid dienone is 1. The van der Waals surface area contributed by atoms with E-state index in [0.717, 1.165) is 37.8 Å². The largest absolute Gasteiger partial charge is 0.393 e. The van der Waals surface area contributed by atoms with Crippen molar-refractivity contribution >= 4 is 22.3 Å². The van der Waals surface area contributed by atoms with E-state index < -0.39 is 0 Å². The third-order valence-electron chi connectivity index (χ3n) is 8.79. The molecule has 1 aromatic rings. The predicted octanol–water partition coefficient (Wildman–Crippen LogP) is 4.31. The first-order valence-electron chi connectivity index (χ1n) is 10.5. The van der Waals surface area contributed by atoms with Crippen molar-refractivity contribution in [3.05, 3.63) is 22.7 Å². The smallest absolute Gasteiger partial charge is 0.180 e. The highest BCUT2D eigenvalue weighted by Crippen LogP contribution is 2.68. The lowest BCUT2D eigenvalue weighted by Crippen LogP contribution is -2.56. The molecule has 1 aromatic heterocycles. The van der Waals surface area contributed by atoms with Gasteiger partial charge >= 0.3 is 0 Å². The summed E-state index contributed by atoms with van der Waals surface area (Å²) in [7, 11) is 0. The van der Waals surface area contributed by atoms with Crippen LogP contribution in [0.3, 0.4) is 0 Å². The summed E-state index contributed by atoms with van der Waals surface area (Å²) < 4.78 is 0. The number of hydrogen-bond acceptors (Lipinski definition) is 5. The summed E-state index contributed by atoms with van der Waals surface area (Å²) in [6.07, 6.45) is 8.52. The molecule has 3 fully saturated rings. The molecule has 3 saturated carbocycles. The number of aliphatic hydroxyl groups excluding tert-OH is 1. The fourth-order valence-corrected chi connectivity index (χ4v) is 8.25. The van der Waals surface area contributed by atoms with Crippen LogP contribution in [0, 0.1) is 28.6 Å². The molecular formula is C22H30N2O2S. The summed E-state index contributed by atoms with van der Waals surface area (Å²) in [6.45, 7) is 4.71. The van der Waals surface area contributed by atoms with Gasteiger partial charge in [-0.2, -0.15) is 0 Å². The van der Waals surface area contributed by atoms with Crippen LogP contribution in [-0.2, 0) is 4.79 Å². The topological polar surface area (TPSA) is 76.2 Å². The molecule has 4 aliphatic rings. The Balaban J connectivity index is 1.51. The highest BCUT2D eigenvalue weighted by Gasteiger charge is 2.62. The van der Waals surface area contributed by atoms with Gasteiger partial charge in [0.25, 0.3) is 0 Å². The number of fused-ring (bicyclic) bond motifs is 5. The molecule has 5 rings (SSSR count). The summed E-state index contributed by atoms with van der Waals surface area (Å²) in [6, 6.07) is 0. The minimum Gasteiger partial charge on any atom is -0.393 e. The van der Waals surface area contributed by atoms with Gasteiger partial charge in [0.2, 0.25) is 0 Å². The van der Waals surface area contributed by atoms with Crippen LogP contribution in [-0.4, -0.2) is 22.0 Å². The molecule has 0 saturated heterocycles. The number of nitrogens with zero attached hydrogens (tertiary/aromatic N) is 1. The van der Waals surface area contributed by atoms with E-state index in [1.165, 1.54) is 23.3 Å². The number of carbonyl (C=O) groups excluding carboxylic acids is 1. The van der Waals surface area contributed by atoms with E-state index in [0.29, 0.717) is 35.2 Å². The van der Waals surface area contributed by atoms with E-state index in [9.17, 15) is 9.90 Å². The van der Waals surface area contributed by atoms with E-state index in [4.69, 9.17) is 5.73 Å². The maximum atomic E-state index is 12.0. The highest BCUT2D eigenvalue weighted by molar-refractivity contribution is 7.13. The van der Waals surface area contributed by atoms with E-state index >= 15 is 0 Å². The molecule has 3 N–H and O–H groups in total. The Morgan fingerprint density at radius 3 is 2.81 bits per heavy atom. The number of aliphatic hydroxyl groups is 1. The molecule has 5 heteroatoms. The van der Waals surface area contributed by atoms with Crippen molar-refractivity contribution < 1.29 is 9.90 Å². The Labute approximate surface area is 165 Å². The van der Waals surface area contributed by atoms with Crippen molar-refractivity contribution in [2.45, 2.75) is 70.8 Å². The lowest BCUT2D eigenvalue weighted by atomic mass is 9.46. The number of aromatic nitrogens is 1. The third-order valence-corrected chi connectivity index (χ3v) is 9.48. The van der Waals surface area contributed by atoms with Crippen molar-refractivity contribution in [2.24, 2.45) is 28.6 Å². The second-order valence-electron chi connectivity index (χ2n) is 9.91. The molecule has 0 amide bonds. The van der Waals surface area contributed by atoms with Gasteiger partial charge in [-0.05, 0) is 73.2 Å². The van der Waals surface area contributed by atoms with Gasteiger partial charge in [-0.1, -0.05) is 19.4 Å². The van der Waals surface area contributed by atoms with Crippen LogP contribution in [0.1, 0.15) is 70.4 Å². The van der Waals surface area contributed by atoms with E-state index in [1.807, 2.05) is 6.08 Å². The van der Waals surface area contributed by atoms with Gasteiger partial charge in [0.05, 0.1) is 11.8 Å². The first-order chi connectivity index (χ1) is 12.8. The summed E-state index contributed by atoms with van der Waals surface area (Å²) in [5.41, 5.74) is 8.47. The normalized spacial score (nSPS) is 46.4. The number of hydrogen-bond donors (Lipinski definition) is 2. The molecule has 0 aromatic carbocycles. The Kier molecular flexibility index (Phi) is 3.90. The van der Waals surface area contributed by atoms with Gasteiger partial charge in [-0.15, -0.1) is 11.3 Å². The average molecular weight is 387 g/mol. The number of nitrogens with two attached hydrogens (primary N) is 1. The van der Waals surface area contributed by atoms with Crippen molar-refractivity contribution in [3.8, 4) is 0 Å². The third kappa shape index (κ3) is 2.43. The number of thiazole rings is 1. The Morgan fingerprint density at radius 1 is 1.26 bits per heavy atom. The Hall–Kier alpha value is -1.20. The van der Waals surface area contributed by atoms with Crippen LogP contribution in [0.5, 0.6) is 0 Å². The highest BCUT2D eigenvalue weighted by atomic mass is 32.1. The van der Waals surface area contributed by atoms with E-state index in [1.54, 1.807) is 0 Å². The first kappa shape index (κ1) is 17.9. The second-order valence-corrected chi connectivity index (χ2v) is 10.8. The Bertz CT molecular complexity index is 817.